The molecule has 1 fully saturated rings. The van der Waals surface area contributed by atoms with Gasteiger partial charge >= 0.3 is 6.18 Å². The maximum Gasteiger partial charge on any atom is 0.401 e. The average Bonchev–Trinajstić information content (AvgIpc) is 3.12. The van der Waals surface area contributed by atoms with Crippen molar-refractivity contribution in [3.63, 3.8) is 0 Å². The second-order valence-corrected chi connectivity index (χ2v) is 4.52. The van der Waals surface area contributed by atoms with Gasteiger partial charge in [-0.3, -0.25) is 9.88 Å². The van der Waals surface area contributed by atoms with Crippen LogP contribution in [0.2, 0.25) is 0 Å². The van der Waals surface area contributed by atoms with Crippen molar-refractivity contribution in [3.05, 3.63) is 30.1 Å². The molecule has 1 aliphatic carbocycles. The fourth-order valence-corrected chi connectivity index (χ4v) is 2.11. The van der Waals surface area contributed by atoms with Crippen molar-refractivity contribution in [2.24, 2.45) is 5.73 Å². The van der Waals surface area contributed by atoms with Gasteiger partial charge in [-0.25, -0.2) is 0 Å². The van der Waals surface area contributed by atoms with Crippen LogP contribution in [-0.2, 0) is 0 Å². The second-order valence-electron chi connectivity index (χ2n) is 4.52. The Morgan fingerprint density at radius 3 is 2.56 bits per heavy atom. The van der Waals surface area contributed by atoms with Crippen molar-refractivity contribution in [2.75, 3.05) is 13.1 Å². The molecule has 1 aromatic heterocycles. The minimum atomic E-state index is -4.20. The number of hydrogen-bond acceptors (Lipinski definition) is 3. The summed E-state index contributed by atoms with van der Waals surface area (Å²) in [6, 6.07) is 4.76. The number of rotatable bonds is 5. The van der Waals surface area contributed by atoms with Crippen LogP contribution >= 0.6 is 0 Å². The first-order valence-electron chi connectivity index (χ1n) is 5.95. The summed E-state index contributed by atoms with van der Waals surface area (Å²) in [7, 11) is 0. The number of alkyl halides is 3. The van der Waals surface area contributed by atoms with Gasteiger partial charge in [0.15, 0.2) is 0 Å². The fourth-order valence-electron chi connectivity index (χ4n) is 2.11. The zero-order chi connectivity index (χ0) is 13.2. The second kappa shape index (κ2) is 5.24. The van der Waals surface area contributed by atoms with Gasteiger partial charge in [-0.2, -0.15) is 13.2 Å². The topological polar surface area (TPSA) is 42.1 Å². The summed E-state index contributed by atoms with van der Waals surface area (Å²) in [5.41, 5.74) is 6.25. The zero-order valence-corrected chi connectivity index (χ0v) is 9.90. The van der Waals surface area contributed by atoms with Gasteiger partial charge in [0.25, 0.3) is 0 Å². The molecule has 0 spiro atoms. The van der Waals surface area contributed by atoms with Crippen LogP contribution in [-0.4, -0.2) is 35.2 Å². The molecule has 0 aliphatic heterocycles. The van der Waals surface area contributed by atoms with Crippen LogP contribution in [0.3, 0.4) is 0 Å². The van der Waals surface area contributed by atoms with E-state index in [9.17, 15) is 13.2 Å². The van der Waals surface area contributed by atoms with E-state index in [1.165, 1.54) is 4.90 Å². The Morgan fingerprint density at radius 2 is 2.11 bits per heavy atom. The van der Waals surface area contributed by atoms with E-state index in [-0.39, 0.29) is 12.6 Å². The summed E-state index contributed by atoms with van der Waals surface area (Å²) in [6.45, 7) is -0.778. The lowest BCUT2D eigenvalue weighted by atomic mass is 10.1. The molecule has 1 atom stereocenters. The van der Waals surface area contributed by atoms with Gasteiger partial charge < -0.3 is 5.73 Å². The largest absolute Gasteiger partial charge is 0.401 e. The Bertz CT molecular complexity index is 376. The molecule has 0 bridgehead atoms. The van der Waals surface area contributed by atoms with Crippen molar-refractivity contribution in [1.82, 2.24) is 9.88 Å². The third-order valence-corrected chi connectivity index (χ3v) is 3.03. The monoisotopic (exact) mass is 259 g/mol. The Labute approximate surface area is 104 Å². The molecule has 1 saturated carbocycles. The van der Waals surface area contributed by atoms with E-state index in [1.54, 1.807) is 24.4 Å². The first kappa shape index (κ1) is 13.3. The molecule has 0 saturated heterocycles. The fraction of sp³-hybridized carbons (Fsp3) is 0.583. The first-order chi connectivity index (χ1) is 8.51. The number of halogens is 3. The predicted molar refractivity (Wildman–Crippen MR) is 61.8 cm³/mol. The normalized spacial score (nSPS) is 18.1. The highest BCUT2D eigenvalue weighted by Gasteiger charge is 2.41. The molecule has 18 heavy (non-hydrogen) atoms. The summed E-state index contributed by atoms with van der Waals surface area (Å²) in [4.78, 5) is 5.55. The molecular formula is C12H16F3N3. The molecule has 100 valence electrons. The van der Waals surface area contributed by atoms with Crippen molar-refractivity contribution >= 4 is 0 Å². The van der Waals surface area contributed by atoms with E-state index < -0.39 is 18.8 Å². The van der Waals surface area contributed by atoms with Crippen LogP contribution in [0.5, 0.6) is 0 Å². The van der Waals surface area contributed by atoms with Crippen LogP contribution in [0.25, 0.3) is 0 Å². The van der Waals surface area contributed by atoms with Crippen molar-refractivity contribution in [3.8, 4) is 0 Å². The quantitative estimate of drug-likeness (QED) is 0.880. The van der Waals surface area contributed by atoms with Crippen LogP contribution in [0.1, 0.15) is 24.6 Å². The summed E-state index contributed by atoms with van der Waals surface area (Å²) in [5.74, 6) is 0. The van der Waals surface area contributed by atoms with Gasteiger partial charge in [-0.05, 0) is 25.0 Å². The van der Waals surface area contributed by atoms with E-state index in [4.69, 9.17) is 5.73 Å². The van der Waals surface area contributed by atoms with Crippen molar-refractivity contribution in [2.45, 2.75) is 31.1 Å². The standard InChI is InChI=1S/C12H16F3N3/c13-12(14,15)8-18(9-4-5-9)11(7-16)10-3-1-2-6-17-10/h1-3,6,9,11H,4-5,7-8,16H2. The van der Waals surface area contributed by atoms with Gasteiger partial charge in [0.05, 0.1) is 18.3 Å². The van der Waals surface area contributed by atoms with Crippen LogP contribution in [0, 0.1) is 0 Å². The van der Waals surface area contributed by atoms with Gasteiger partial charge in [-0.1, -0.05) is 6.07 Å². The lowest BCUT2D eigenvalue weighted by Crippen LogP contribution is -2.42. The average molecular weight is 259 g/mol. The van der Waals surface area contributed by atoms with E-state index >= 15 is 0 Å². The highest BCUT2D eigenvalue weighted by Crippen LogP contribution is 2.35. The summed E-state index contributed by atoms with van der Waals surface area (Å²) < 4.78 is 37.8. The van der Waals surface area contributed by atoms with E-state index in [0.29, 0.717) is 5.69 Å². The number of nitrogens with two attached hydrogens (primary N) is 1. The van der Waals surface area contributed by atoms with Gasteiger partial charge in [-0.15, -0.1) is 0 Å². The van der Waals surface area contributed by atoms with Crippen LogP contribution < -0.4 is 5.73 Å². The van der Waals surface area contributed by atoms with Gasteiger partial charge in [0.2, 0.25) is 0 Å². The minimum absolute atomic E-state index is 0.0119. The molecule has 1 aromatic rings. The Hall–Kier alpha value is -1.14. The number of aromatic nitrogens is 1. The molecule has 1 unspecified atom stereocenters. The third kappa shape index (κ3) is 3.43. The highest BCUT2D eigenvalue weighted by atomic mass is 19.4. The van der Waals surface area contributed by atoms with E-state index in [1.807, 2.05) is 0 Å². The SMILES string of the molecule is NCC(c1ccccn1)N(CC(F)(F)F)C1CC1. The number of nitrogens with zero attached hydrogens (tertiary/aromatic N) is 2. The molecule has 0 aromatic carbocycles. The summed E-state index contributed by atoms with van der Waals surface area (Å²) >= 11 is 0. The Kier molecular flexibility index (Phi) is 3.87. The maximum absolute atomic E-state index is 12.6. The van der Waals surface area contributed by atoms with E-state index in [2.05, 4.69) is 4.98 Å². The van der Waals surface area contributed by atoms with Crippen molar-refractivity contribution in [1.29, 1.82) is 0 Å². The highest BCUT2D eigenvalue weighted by molar-refractivity contribution is 5.11. The zero-order valence-electron chi connectivity index (χ0n) is 9.90. The molecular weight excluding hydrogens is 243 g/mol. The summed E-state index contributed by atoms with van der Waals surface area (Å²) in [6.07, 6.45) is -1.01. The Balaban J connectivity index is 2.17. The molecule has 1 heterocycles. The van der Waals surface area contributed by atoms with Crippen LogP contribution in [0.4, 0.5) is 13.2 Å². The third-order valence-electron chi connectivity index (χ3n) is 3.03. The molecule has 0 radical (unpaired) electrons. The molecule has 0 amide bonds. The van der Waals surface area contributed by atoms with Gasteiger partial charge in [0.1, 0.15) is 0 Å². The molecule has 1 aliphatic rings. The molecule has 3 nitrogen and oxygen atoms in total. The van der Waals surface area contributed by atoms with Crippen molar-refractivity contribution < 1.29 is 13.2 Å². The Morgan fingerprint density at radius 1 is 1.39 bits per heavy atom. The number of pyridine rings is 1. The minimum Gasteiger partial charge on any atom is -0.329 e. The summed E-state index contributed by atoms with van der Waals surface area (Å²) in [5, 5.41) is 0. The lowest BCUT2D eigenvalue weighted by molar-refractivity contribution is -0.152. The van der Waals surface area contributed by atoms with E-state index in [0.717, 1.165) is 12.8 Å². The molecule has 2 N–H and O–H groups in total. The number of hydrogen-bond donors (Lipinski definition) is 1. The smallest absolute Gasteiger partial charge is 0.329 e. The first-order valence-corrected chi connectivity index (χ1v) is 5.95. The molecule has 6 heteroatoms. The molecule has 2 rings (SSSR count). The van der Waals surface area contributed by atoms with Crippen LogP contribution in [0.15, 0.2) is 24.4 Å². The van der Waals surface area contributed by atoms with Gasteiger partial charge in [0, 0.05) is 18.8 Å². The predicted octanol–water partition coefficient (Wildman–Crippen LogP) is 2.11. The lowest BCUT2D eigenvalue weighted by Gasteiger charge is -2.31. The maximum atomic E-state index is 12.6.